The zero-order valence-electron chi connectivity index (χ0n) is 22.5. The molecule has 0 aliphatic rings. The molecule has 0 atom stereocenters. The van der Waals surface area contributed by atoms with Crippen LogP contribution in [-0.4, -0.2) is 0 Å². The van der Waals surface area contributed by atoms with Gasteiger partial charge < -0.3 is 8.83 Å². The highest BCUT2D eigenvalue weighted by molar-refractivity contribution is 6.30. The Labute approximate surface area is 240 Å². The van der Waals surface area contributed by atoms with E-state index in [1.54, 1.807) is 0 Å². The van der Waals surface area contributed by atoms with Gasteiger partial charge in [0.25, 0.3) is 0 Å². The Hall–Kier alpha value is -5.60. The van der Waals surface area contributed by atoms with Gasteiger partial charge in [-0.1, -0.05) is 115 Å². The molecule has 8 aromatic carbocycles. The van der Waals surface area contributed by atoms with Crippen LogP contribution in [-0.2, 0) is 0 Å². The number of hydrogen-bond donors (Lipinski definition) is 0. The number of rotatable bonds is 2. The van der Waals surface area contributed by atoms with E-state index in [1.165, 1.54) is 49.0 Å². The fraction of sp³-hybridized carbons (Fsp3) is 0. The Morgan fingerprint density at radius 1 is 0.310 bits per heavy atom. The molecule has 10 aromatic rings. The Bertz CT molecular complexity index is 2670. The molecule has 2 nitrogen and oxygen atoms in total. The first-order chi connectivity index (χ1) is 20.8. The summed E-state index contributed by atoms with van der Waals surface area (Å²) in [4.78, 5) is 0. The van der Waals surface area contributed by atoms with Crippen molar-refractivity contribution in [1.82, 2.24) is 0 Å². The molecular weight excluding hydrogens is 512 g/mol. The van der Waals surface area contributed by atoms with Gasteiger partial charge in [0, 0.05) is 27.1 Å². The second kappa shape index (κ2) is 7.99. The van der Waals surface area contributed by atoms with Crippen molar-refractivity contribution in [3.05, 3.63) is 133 Å². The minimum Gasteiger partial charge on any atom is -0.456 e. The van der Waals surface area contributed by atoms with Gasteiger partial charge in [-0.2, -0.15) is 0 Å². The molecule has 0 spiro atoms. The summed E-state index contributed by atoms with van der Waals surface area (Å²) in [5.74, 6) is 0. The molecule has 0 radical (unpaired) electrons. The van der Waals surface area contributed by atoms with Crippen molar-refractivity contribution in [1.29, 1.82) is 0 Å². The summed E-state index contributed by atoms with van der Waals surface area (Å²) < 4.78 is 12.9. The van der Waals surface area contributed by atoms with E-state index < -0.39 is 0 Å². The third kappa shape index (κ3) is 2.83. The van der Waals surface area contributed by atoms with Gasteiger partial charge in [-0.3, -0.25) is 0 Å². The van der Waals surface area contributed by atoms with Crippen molar-refractivity contribution >= 4 is 76.2 Å². The largest absolute Gasteiger partial charge is 0.456 e. The highest BCUT2D eigenvalue weighted by Crippen LogP contribution is 2.46. The monoisotopic (exact) mass is 534 g/mol. The van der Waals surface area contributed by atoms with E-state index in [9.17, 15) is 0 Å². The Morgan fingerprint density at radius 2 is 0.929 bits per heavy atom. The van der Waals surface area contributed by atoms with Gasteiger partial charge in [-0.15, -0.1) is 0 Å². The van der Waals surface area contributed by atoms with Crippen LogP contribution in [0.5, 0.6) is 0 Å². The van der Waals surface area contributed by atoms with E-state index in [0.29, 0.717) is 0 Å². The summed E-state index contributed by atoms with van der Waals surface area (Å²) in [6.07, 6.45) is 0. The molecule has 194 valence electrons. The first-order valence-corrected chi connectivity index (χ1v) is 14.4. The third-order valence-electron chi connectivity index (χ3n) is 9.04. The van der Waals surface area contributed by atoms with Gasteiger partial charge in [-0.05, 0) is 67.2 Å². The predicted octanol–water partition coefficient (Wildman–Crippen LogP) is 11.7. The lowest BCUT2D eigenvalue weighted by molar-refractivity contribution is 0.663. The number of fused-ring (bicyclic) bond motifs is 7. The quantitative estimate of drug-likeness (QED) is 0.206. The van der Waals surface area contributed by atoms with Gasteiger partial charge >= 0.3 is 0 Å². The Kier molecular flexibility index (Phi) is 4.21. The molecule has 2 aromatic heterocycles. The fourth-order valence-corrected chi connectivity index (χ4v) is 7.22. The van der Waals surface area contributed by atoms with Crippen LogP contribution in [0.4, 0.5) is 0 Å². The number of benzene rings is 8. The molecular formula is C40H22O2. The molecule has 0 saturated heterocycles. The SMILES string of the molecule is c1ccc(-c2ccc3ccc4c(-c5cccc6c5oc5ccc7oc8ccccc8c7c56)ccc5ccc2c3c54)cc1. The molecule has 0 unspecified atom stereocenters. The van der Waals surface area contributed by atoms with Gasteiger partial charge in [-0.25, -0.2) is 0 Å². The van der Waals surface area contributed by atoms with Crippen LogP contribution in [0.1, 0.15) is 0 Å². The lowest BCUT2D eigenvalue weighted by Crippen LogP contribution is -1.89. The van der Waals surface area contributed by atoms with Gasteiger partial charge in [0.05, 0.1) is 0 Å². The summed E-state index contributed by atoms with van der Waals surface area (Å²) in [6, 6.07) is 47.7. The van der Waals surface area contributed by atoms with Crippen LogP contribution in [0, 0.1) is 0 Å². The van der Waals surface area contributed by atoms with Crippen molar-refractivity contribution in [3.63, 3.8) is 0 Å². The molecule has 0 saturated carbocycles. The van der Waals surface area contributed by atoms with Crippen LogP contribution in [0.2, 0.25) is 0 Å². The molecule has 0 amide bonds. The molecule has 2 heterocycles. The predicted molar refractivity (Wildman–Crippen MR) is 176 cm³/mol. The summed E-state index contributed by atoms with van der Waals surface area (Å²) >= 11 is 0. The maximum atomic E-state index is 6.69. The van der Waals surface area contributed by atoms with Crippen LogP contribution >= 0.6 is 0 Å². The standard InChI is InChI=1S/C40H22O2/c1-2-7-23(8-3-1)26-17-13-24-16-20-29-27(18-14-25-15-19-28(26)36(24)37(25)29)30-10-6-11-32-39-35(42-40(30)32)22-21-34-38(39)31-9-4-5-12-33(31)41-34/h1-22H. The van der Waals surface area contributed by atoms with Crippen LogP contribution < -0.4 is 0 Å². The van der Waals surface area contributed by atoms with Crippen molar-refractivity contribution < 1.29 is 8.83 Å². The number of furan rings is 2. The second-order valence-corrected chi connectivity index (χ2v) is 11.2. The summed E-state index contributed by atoms with van der Waals surface area (Å²) in [7, 11) is 0. The van der Waals surface area contributed by atoms with Crippen molar-refractivity contribution in [2.45, 2.75) is 0 Å². The first-order valence-electron chi connectivity index (χ1n) is 14.4. The molecule has 10 rings (SSSR count). The van der Waals surface area contributed by atoms with Gasteiger partial charge in [0.15, 0.2) is 0 Å². The smallest absolute Gasteiger partial charge is 0.143 e. The van der Waals surface area contributed by atoms with E-state index in [4.69, 9.17) is 8.83 Å². The van der Waals surface area contributed by atoms with Gasteiger partial charge in [0.2, 0.25) is 0 Å². The zero-order valence-corrected chi connectivity index (χ0v) is 22.5. The van der Waals surface area contributed by atoms with Crippen molar-refractivity contribution in [2.75, 3.05) is 0 Å². The molecule has 0 aliphatic carbocycles. The van der Waals surface area contributed by atoms with Crippen LogP contribution in [0.3, 0.4) is 0 Å². The van der Waals surface area contributed by atoms with E-state index in [-0.39, 0.29) is 0 Å². The third-order valence-corrected chi connectivity index (χ3v) is 9.04. The van der Waals surface area contributed by atoms with Crippen LogP contribution in [0.25, 0.3) is 98.4 Å². The summed E-state index contributed by atoms with van der Waals surface area (Å²) in [5.41, 5.74) is 8.35. The lowest BCUT2D eigenvalue weighted by atomic mass is 9.87. The molecule has 0 N–H and O–H groups in total. The second-order valence-electron chi connectivity index (χ2n) is 11.2. The maximum absolute atomic E-state index is 6.69. The minimum atomic E-state index is 0.877. The van der Waals surface area contributed by atoms with Crippen LogP contribution in [0.15, 0.2) is 142 Å². The highest BCUT2D eigenvalue weighted by atomic mass is 16.3. The highest BCUT2D eigenvalue weighted by Gasteiger charge is 2.20. The van der Waals surface area contributed by atoms with E-state index in [2.05, 4.69) is 109 Å². The molecule has 42 heavy (non-hydrogen) atoms. The average molecular weight is 535 g/mol. The molecule has 0 fully saturated rings. The normalized spacial score (nSPS) is 12.3. The zero-order chi connectivity index (χ0) is 27.4. The van der Waals surface area contributed by atoms with E-state index in [0.717, 1.165) is 49.4 Å². The van der Waals surface area contributed by atoms with Gasteiger partial charge in [0.1, 0.15) is 22.3 Å². The molecule has 0 aliphatic heterocycles. The maximum Gasteiger partial charge on any atom is 0.143 e. The first kappa shape index (κ1) is 22.1. The summed E-state index contributed by atoms with van der Waals surface area (Å²) in [6.45, 7) is 0. The summed E-state index contributed by atoms with van der Waals surface area (Å²) in [5, 5.41) is 12.1. The topological polar surface area (TPSA) is 26.3 Å². The Balaban J connectivity index is 1.30. The Morgan fingerprint density at radius 3 is 1.74 bits per heavy atom. The molecule has 0 bridgehead atoms. The van der Waals surface area contributed by atoms with E-state index in [1.807, 2.05) is 24.3 Å². The molecule has 2 heteroatoms. The fourth-order valence-electron chi connectivity index (χ4n) is 7.22. The van der Waals surface area contributed by atoms with Crippen molar-refractivity contribution in [3.8, 4) is 22.3 Å². The average Bonchev–Trinajstić information content (AvgIpc) is 3.62. The van der Waals surface area contributed by atoms with E-state index >= 15 is 0 Å². The lowest BCUT2D eigenvalue weighted by Gasteiger charge is -2.16. The van der Waals surface area contributed by atoms with Crippen molar-refractivity contribution in [2.24, 2.45) is 0 Å². The number of hydrogen-bond acceptors (Lipinski definition) is 2. The number of para-hydroxylation sites is 2. The minimum absolute atomic E-state index is 0.877.